The Bertz CT molecular complexity index is 438. The minimum Gasteiger partial charge on any atom is -0.496 e. The molecule has 0 fully saturated rings. The molecule has 98 valence electrons. The fourth-order valence-electron chi connectivity index (χ4n) is 2.04. The van der Waals surface area contributed by atoms with Crippen LogP contribution in [0.1, 0.15) is 5.56 Å². The maximum atomic E-state index is 11.5. The Morgan fingerprint density at radius 3 is 2.67 bits per heavy atom. The molecule has 0 saturated heterocycles. The third-order valence-corrected chi connectivity index (χ3v) is 3.02. The van der Waals surface area contributed by atoms with Gasteiger partial charge < -0.3 is 18.9 Å². The minimum absolute atomic E-state index is 0.265. The van der Waals surface area contributed by atoms with E-state index in [9.17, 15) is 4.79 Å². The molecule has 1 heterocycles. The van der Waals surface area contributed by atoms with E-state index in [1.54, 1.807) is 26.4 Å². The van der Waals surface area contributed by atoms with Crippen LogP contribution in [0.15, 0.2) is 12.1 Å². The molecule has 0 saturated carbocycles. The second-order valence-electron chi connectivity index (χ2n) is 4.04. The molecule has 1 aliphatic heterocycles. The second kappa shape index (κ2) is 5.16. The summed E-state index contributed by atoms with van der Waals surface area (Å²) in [7, 11) is 4.54. The van der Waals surface area contributed by atoms with Crippen molar-refractivity contribution in [1.29, 1.82) is 0 Å². The zero-order chi connectivity index (χ0) is 13.1. The molecule has 0 bridgehead atoms. The summed E-state index contributed by atoms with van der Waals surface area (Å²) in [4.78, 5) is 11.5. The average Bonchev–Trinajstić information content (AvgIpc) is 2.44. The van der Waals surface area contributed by atoms with Crippen molar-refractivity contribution in [2.75, 3.05) is 27.9 Å². The van der Waals surface area contributed by atoms with E-state index in [2.05, 4.69) is 0 Å². The highest BCUT2D eigenvalue weighted by Crippen LogP contribution is 2.38. The van der Waals surface area contributed by atoms with E-state index in [0.717, 1.165) is 5.56 Å². The number of benzene rings is 1. The number of fused-ring (bicyclic) bond motifs is 1. The van der Waals surface area contributed by atoms with Crippen LogP contribution in [-0.4, -0.2) is 33.9 Å². The van der Waals surface area contributed by atoms with Crippen LogP contribution >= 0.6 is 0 Å². The SMILES string of the molecule is COC(=O)C1COc2cc(OC)cc(OC)c2C1. The molecular weight excluding hydrogens is 236 g/mol. The smallest absolute Gasteiger partial charge is 0.312 e. The molecule has 1 aromatic rings. The van der Waals surface area contributed by atoms with Crippen LogP contribution in [0.2, 0.25) is 0 Å². The molecule has 0 spiro atoms. The number of esters is 1. The van der Waals surface area contributed by atoms with E-state index in [1.807, 2.05) is 0 Å². The fraction of sp³-hybridized carbons (Fsp3) is 0.462. The van der Waals surface area contributed by atoms with Gasteiger partial charge in [-0.1, -0.05) is 0 Å². The molecule has 1 unspecified atom stereocenters. The lowest BCUT2D eigenvalue weighted by Crippen LogP contribution is -2.29. The van der Waals surface area contributed by atoms with Crippen molar-refractivity contribution in [1.82, 2.24) is 0 Å². The molecule has 1 atom stereocenters. The van der Waals surface area contributed by atoms with Gasteiger partial charge in [0.05, 0.1) is 27.2 Å². The third kappa shape index (κ3) is 2.20. The Kier molecular flexibility index (Phi) is 3.60. The van der Waals surface area contributed by atoms with Gasteiger partial charge in [-0.05, 0) is 6.42 Å². The van der Waals surface area contributed by atoms with E-state index in [1.165, 1.54) is 7.11 Å². The van der Waals surface area contributed by atoms with Crippen molar-refractivity contribution in [3.63, 3.8) is 0 Å². The zero-order valence-corrected chi connectivity index (χ0v) is 10.7. The van der Waals surface area contributed by atoms with Crippen LogP contribution in [0.5, 0.6) is 17.2 Å². The molecule has 0 aromatic heterocycles. The van der Waals surface area contributed by atoms with Gasteiger partial charge in [0.25, 0.3) is 0 Å². The highest BCUT2D eigenvalue weighted by Gasteiger charge is 2.29. The molecule has 1 aromatic carbocycles. The van der Waals surface area contributed by atoms with Gasteiger partial charge in [0.1, 0.15) is 23.9 Å². The summed E-state index contributed by atoms with van der Waals surface area (Å²) in [6.45, 7) is 0.315. The first-order chi connectivity index (χ1) is 8.69. The Morgan fingerprint density at radius 1 is 1.28 bits per heavy atom. The van der Waals surface area contributed by atoms with Crippen LogP contribution in [-0.2, 0) is 16.0 Å². The van der Waals surface area contributed by atoms with Crippen LogP contribution in [0.4, 0.5) is 0 Å². The molecular formula is C13H16O5. The monoisotopic (exact) mass is 252 g/mol. The third-order valence-electron chi connectivity index (χ3n) is 3.02. The molecule has 18 heavy (non-hydrogen) atoms. The Hall–Kier alpha value is -1.91. The molecule has 2 rings (SSSR count). The van der Waals surface area contributed by atoms with E-state index < -0.39 is 0 Å². The van der Waals surface area contributed by atoms with Gasteiger partial charge in [-0.3, -0.25) is 4.79 Å². The number of hydrogen-bond donors (Lipinski definition) is 0. The van der Waals surface area contributed by atoms with E-state index >= 15 is 0 Å². The Labute approximate surface area is 106 Å². The number of methoxy groups -OCH3 is 3. The van der Waals surface area contributed by atoms with Gasteiger partial charge in [0.2, 0.25) is 0 Å². The highest BCUT2D eigenvalue weighted by molar-refractivity contribution is 5.74. The van der Waals surface area contributed by atoms with Gasteiger partial charge in [-0.15, -0.1) is 0 Å². The minimum atomic E-state index is -0.287. The molecule has 0 amide bonds. The summed E-state index contributed by atoms with van der Waals surface area (Å²) in [6, 6.07) is 3.58. The second-order valence-corrected chi connectivity index (χ2v) is 4.04. The van der Waals surface area contributed by atoms with Gasteiger partial charge in [0.15, 0.2) is 0 Å². The fourth-order valence-corrected chi connectivity index (χ4v) is 2.04. The number of rotatable bonds is 3. The van der Waals surface area contributed by atoms with Gasteiger partial charge >= 0.3 is 5.97 Å². The number of hydrogen-bond acceptors (Lipinski definition) is 5. The summed E-state index contributed by atoms with van der Waals surface area (Å²) in [6.07, 6.45) is 0.551. The maximum Gasteiger partial charge on any atom is 0.312 e. The summed E-state index contributed by atoms with van der Waals surface area (Å²) in [5, 5.41) is 0. The van der Waals surface area contributed by atoms with Crippen molar-refractivity contribution in [2.24, 2.45) is 5.92 Å². The van der Waals surface area contributed by atoms with Gasteiger partial charge in [-0.2, -0.15) is 0 Å². The number of carbonyl (C=O) groups is 1. The number of carbonyl (C=O) groups excluding carboxylic acids is 1. The first-order valence-electron chi connectivity index (χ1n) is 5.65. The van der Waals surface area contributed by atoms with Crippen molar-refractivity contribution in [3.8, 4) is 17.2 Å². The number of ether oxygens (including phenoxy) is 4. The molecule has 0 N–H and O–H groups in total. The van der Waals surface area contributed by atoms with Crippen molar-refractivity contribution in [3.05, 3.63) is 17.7 Å². The molecule has 1 aliphatic rings. The predicted octanol–water partition coefficient (Wildman–Crippen LogP) is 1.43. The molecule has 0 aliphatic carbocycles. The Morgan fingerprint density at radius 2 is 2.06 bits per heavy atom. The molecule has 5 heteroatoms. The highest BCUT2D eigenvalue weighted by atomic mass is 16.5. The lowest BCUT2D eigenvalue weighted by atomic mass is 9.96. The Balaban J connectivity index is 2.33. The van der Waals surface area contributed by atoms with Crippen LogP contribution in [0, 0.1) is 5.92 Å². The predicted molar refractivity (Wildman–Crippen MR) is 64.3 cm³/mol. The first-order valence-corrected chi connectivity index (χ1v) is 5.65. The van der Waals surface area contributed by atoms with Crippen molar-refractivity contribution < 1.29 is 23.7 Å². The summed E-state index contributed by atoms with van der Waals surface area (Å²) in [5.74, 6) is 1.48. The lowest BCUT2D eigenvalue weighted by molar-refractivity contribution is -0.146. The van der Waals surface area contributed by atoms with E-state index in [-0.39, 0.29) is 11.9 Å². The molecule has 0 radical (unpaired) electrons. The van der Waals surface area contributed by atoms with Crippen LogP contribution < -0.4 is 14.2 Å². The van der Waals surface area contributed by atoms with Crippen molar-refractivity contribution >= 4 is 5.97 Å². The summed E-state index contributed by atoms with van der Waals surface area (Å²) in [5.41, 5.74) is 0.875. The van der Waals surface area contributed by atoms with Crippen molar-refractivity contribution in [2.45, 2.75) is 6.42 Å². The van der Waals surface area contributed by atoms with Crippen LogP contribution in [0.3, 0.4) is 0 Å². The maximum absolute atomic E-state index is 11.5. The lowest BCUT2D eigenvalue weighted by Gasteiger charge is -2.25. The van der Waals surface area contributed by atoms with Gasteiger partial charge in [-0.25, -0.2) is 0 Å². The average molecular weight is 252 g/mol. The standard InChI is InChI=1S/C13H16O5/c1-15-9-5-11(16-2)10-4-8(13(14)17-3)7-18-12(10)6-9/h5-6,8H,4,7H2,1-3H3. The summed E-state index contributed by atoms with van der Waals surface area (Å²) >= 11 is 0. The zero-order valence-electron chi connectivity index (χ0n) is 10.7. The normalized spacial score (nSPS) is 17.4. The quantitative estimate of drug-likeness (QED) is 0.762. The topological polar surface area (TPSA) is 54.0 Å². The summed E-state index contributed by atoms with van der Waals surface area (Å²) < 4.78 is 20.8. The molecule has 5 nitrogen and oxygen atoms in total. The van der Waals surface area contributed by atoms with Gasteiger partial charge in [0, 0.05) is 17.7 Å². The van der Waals surface area contributed by atoms with E-state index in [0.29, 0.717) is 30.3 Å². The largest absolute Gasteiger partial charge is 0.496 e. The first kappa shape index (κ1) is 12.5. The van der Waals surface area contributed by atoms with Crippen LogP contribution in [0.25, 0.3) is 0 Å². The van der Waals surface area contributed by atoms with E-state index in [4.69, 9.17) is 18.9 Å².